The number of amides is 2. The summed E-state index contributed by atoms with van der Waals surface area (Å²) in [5, 5.41) is 2.27. The van der Waals surface area contributed by atoms with Crippen molar-refractivity contribution in [3.8, 4) is 0 Å². The minimum atomic E-state index is -1.01. The third-order valence-corrected chi connectivity index (χ3v) is 3.73. The number of carbonyl (C=O) groups excluding carboxylic acids is 3. The van der Waals surface area contributed by atoms with Gasteiger partial charge < -0.3 is 4.90 Å². The predicted octanol–water partition coefficient (Wildman–Crippen LogP) is 1.58. The maximum Gasteiger partial charge on any atom is 0.251 e. The zero-order valence-corrected chi connectivity index (χ0v) is 12.4. The Labute approximate surface area is 122 Å². The summed E-state index contributed by atoms with van der Waals surface area (Å²) >= 11 is 0. The number of rotatable bonds is 2. The molecule has 112 valence electrons. The van der Waals surface area contributed by atoms with Crippen LogP contribution in [0.1, 0.15) is 36.7 Å². The van der Waals surface area contributed by atoms with Crippen molar-refractivity contribution < 1.29 is 18.8 Å². The van der Waals surface area contributed by atoms with Crippen LogP contribution in [-0.2, 0) is 9.59 Å². The highest BCUT2D eigenvalue weighted by Crippen LogP contribution is 2.31. The van der Waals surface area contributed by atoms with E-state index in [0.717, 1.165) is 6.07 Å². The molecule has 6 heteroatoms. The molecule has 0 radical (unpaired) electrons. The summed E-state index contributed by atoms with van der Waals surface area (Å²) in [6.07, 6.45) is 0. The van der Waals surface area contributed by atoms with Crippen molar-refractivity contribution in [2.75, 3.05) is 11.4 Å². The van der Waals surface area contributed by atoms with E-state index in [1.54, 1.807) is 20.8 Å². The van der Waals surface area contributed by atoms with E-state index >= 15 is 0 Å². The van der Waals surface area contributed by atoms with Gasteiger partial charge in [0.05, 0.1) is 6.54 Å². The van der Waals surface area contributed by atoms with Crippen LogP contribution in [0.25, 0.3) is 0 Å². The Balaban J connectivity index is 2.64. The molecule has 1 heterocycles. The lowest BCUT2D eigenvalue weighted by Gasteiger charge is -2.42. The standard InChI is InChI=1S/C15H17FN2O3/c1-8-5-12(10(9(2)19)6-11(8)16)18-7-13(20)17-14(21)15(18,3)4/h5-6H,7H2,1-4H3,(H,17,20,21). The van der Waals surface area contributed by atoms with Gasteiger partial charge in [0.15, 0.2) is 5.78 Å². The number of ketones is 1. The van der Waals surface area contributed by atoms with Gasteiger partial charge in [-0.25, -0.2) is 4.39 Å². The van der Waals surface area contributed by atoms with Crippen LogP contribution in [0, 0.1) is 12.7 Å². The molecule has 0 spiro atoms. The largest absolute Gasteiger partial charge is 0.347 e. The van der Waals surface area contributed by atoms with Crippen LogP contribution >= 0.6 is 0 Å². The summed E-state index contributed by atoms with van der Waals surface area (Å²) in [6, 6.07) is 2.65. The lowest BCUT2D eigenvalue weighted by molar-refractivity contribution is -0.135. The number of piperazine rings is 1. The number of imide groups is 1. The smallest absolute Gasteiger partial charge is 0.251 e. The van der Waals surface area contributed by atoms with Crippen molar-refractivity contribution in [3.05, 3.63) is 29.1 Å². The molecule has 1 N–H and O–H groups in total. The summed E-state index contributed by atoms with van der Waals surface area (Å²) in [5.74, 6) is -1.71. The molecular formula is C15H17FN2O3. The van der Waals surface area contributed by atoms with Gasteiger partial charge in [-0.2, -0.15) is 0 Å². The Bertz CT molecular complexity index is 653. The fraction of sp³-hybridized carbons (Fsp3) is 0.400. The van der Waals surface area contributed by atoms with Crippen molar-refractivity contribution in [1.82, 2.24) is 5.32 Å². The van der Waals surface area contributed by atoms with Gasteiger partial charge >= 0.3 is 0 Å². The molecule has 2 rings (SSSR count). The van der Waals surface area contributed by atoms with E-state index in [1.165, 1.54) is 17.9 Å². The zero-order chi connectivity index (χ0) is 15.9. The van der Waals surface area contributed by atoms with Crippen molar-refractivity contribution in [3.63, 3.8) is 0 Å². The van der Waals surface area contributed by atoms with E-state index in [-0.39, 0.29) is 17.9 Å². The van der Waals surface area contributed by atoms with E-state index in [2.05, 4.69) is 5.32 Å². The zero-order valence-electron chi connectivity index (χ0n) is 12.4. The Morgan fingerprint density at radius 3 is 2.52 bits per heavy atom. The van der Waals surface area contributed by atoms with Crippen LogP contribution in [0.2, 0.25) is 0 Å². The molecule has 0 aromatic heterocycles. The molecule has 5 nitrogen and oxygen atoms in total. The summed E-state index contributed by atoms with van der Waals surface area (Å²) in [7, 11) is 0. The monoisotopic (exact) mass is 292 g/mol. The predicted molar refractivity (Wildman–Crippen MR) is 75.7 cm³/mol. The number of hydrogen-bond donors (Lipinski definition) is 1. The van der Waals surface area contributed by atoms with E-state index in [4.69, 9.17) is 0 Å². The first-order chi connectivity index (χ1) is 9.64. The van der Waals surface area contributed by atoms with E-state index < -0.39 is 23.2 Å². The molecule has 1 aromatic carbocycles. The highest BCUT2D eigenvalue weighted by atomic mass is 19.1. The third-order valence-electron chi connectivity index (χ3n) is 3.73. The van der Waals surface area contributed by atoms with Gasteiger partial charge in [0.25, 0.3) is 5.91 Å². The van der Waals surface area contributed by atoms with Gasteiger partial charge in [-0.15, -0.1) is 0 Å². The van der Waals surface area contributed by atoms with Crippen LogP contribution < -0.4 is 10.2 Å². The summed E-state index contributed by atoms with van der Waals surface area (Å²) in [6.45, 7) is 6.13. The van der Waals surface area contributed by atoms with Gasteiger partial charge in [-0.1, -0.05) is 0 Å². The fourth-order valence-corrected chi connectivity index (χ4v) is 2.34. The second-order valence-electron chi connectivity index (χ2n) is 5.70. The molecule has 21 heavy (non-hydrogen) atoms. The maximum absolute atomic E-state index is 13.7. The maximum atomic E-state index is 13.7. The molecular weight excluding hydrogens is 275 g/mol. The minimum absolute atomic E-state index is 0.0654. The molecule has 0 unspecified atom stereocenters. The minimum Gasteiger partial charge on any atom is -0.347 e. The molecule has 1 fully saturated rings. The normalized spacial score (nSPS) is 17.7. The number of Topliss-reactive ketones (excluding diaryl/α,β-unsaturated/α-hetero) is 1. The highest BCUT2D eigenvalue weighted by molar-refractivity contribution is 6.08. The number of carbonyl (C=O) groups is 3. The van der Waals surface area contributed by atoms with Crippen LogP contribution in [0.3, 0.4) is 0 Å². The first-order valence-electron chi connectivity index (χ1n) is 6.57. The van der Waals surface area contributed by atoms with Crippen molar-refractivity contribution in [2.24, 2.45) is 0 Å². The average Bonchev–Trinajstić information content (AvgIpc) is 2.37. The van der Waals surface area contributed by atoms with Gasteiger partial charge in [0.2, 0.25) is 5.91 Å². The van der Waals surface area contributed by atoms with E-state index in [0.29, 0.717) is 11.3 Å². The molecule has 0 saturated carbocycles. The van der Waals surface area contributed by atoms with Gasteiger partial charge in [0.1, 0.15) is 11.4 Å². The number of nitrogens with one attached hydrogen (secondary N) is 1. The molecule has 0 aliphatic carbocycles. The first-order valence-corrected chi connectivity index (χ1v) is 6.57. The molecule has 1 saturated heterocycles. The lowest BCUT2D eigenvalue weighted by atomic mass is 9.95. The first kappa shape index (κ1) is 15.2. The SMILES string of the molecule is CC(=O)c1cc(F)c(C)cc1N1CC(=O)NC(=O)C1(C)C. The molecule has 1 aliphatic rings. The van der Waals surface area contributed by atoms with Crippen molar-refractivity contribution >= 4 is 23.3 Å². The Kier molecular flexibility index (Phi) is 3.57. The summed E-state index contributed by atoms with van der Waals surface area (Å²) in [4.78, 5) is 37.0. The topological polar surface area (TPSA) is 66.5 Å². The molecule has 1 aliphatic heterocycles. The molecule has 1 aromatic rings. The average molecular weight is 292 g/mol. The van der Waals surface area contributed by atoms with Crippen LogP contribution in [0.15, 0.2) is 12.1 Å². The fourth-order valence-electron chi connectivity index (χ4n) is 2.34. The van der Waals surface area contributed by atoms with Gasteiger partial charge in [-0.3, -0.25) is 19.7 Å². The molecule has 0 bridgehead atoms. The number of anilines is 1. The lowest BCUT2D eigenvalue weighted by Crippen LogP contribution is -2.64. The van der Waals surface area contributed by atoms with Crippen LogP contribution in [0.5, 0.6) is 0 Å². The van der Waals surface area contributed by atoms with E-state index in [1.807, 2.05) is 0 Å². The highest BCUT2D eigenvalue weighted by Gasteiger charge is 2.42. The Morgan fingerprint density at radius 1 is 1.33 bits per heavy atom. The number of aryl methyl sites for hydroxylation is 1. The third kappa shape index (κ3) is 2.53. The number of hydrogen-bond acceptors (Lipinski definition) is 4. The van der Waals surface area contributed by atoms with Crippen molar-refractivity contribution in [2.45, 2.75) is 33.2 Å². The Hall–Kier alpha value is -2.24. The number of halogens is 1. The van der Waals surface area contributed by atoms with Gasteiger partial charge in [0, 0.05) is 11.3 Å². The van der Waals surface area contributed by atoms with Gasteiger partial charge in [-0.05, 0) is 45.4 Å². The van der Waals surface area contributed by atoms with E-state index in [9.17, 15) is 18.8 Å². The second kappa shape index (κ2) is 4.95. The van der Waals surface area contributed by atoms with Crippen molar-refractivity contribution in [1.29, 1.82) is 0 Å². The van der Waals surface area contributed by atoms with Crippen LogP contribution in [0.4, 0.5) is 10.1 Å². The Morgan fingerprint density at radius 2 is 1.95 bits per heavy atom. The quantitative estimate of drug-likeness (QED) is 0.664. The summed E-state index contributed by atoms with van der Waals surface area (Å²) in [5.41, 5.74) is -0.102. The number of benzene rings is 1. The number of nitrogens with zero attached hydrogens (tertiary/aromatic N) is 1. The molecule has 2 amide bonds. The van der Waals surface area contributed by atoms with Crippen LogP contribution in [-0.4, -0.2) is 29.7 Å². The summed E-state index contributed by atoms with van der Waals surface area (Å²) < 4.78 is 13.7. The molecule has 0 atom stereocenters. The second-order valence-corrected chi connectivity index (χ2v) is 5.70.